The van der Waals surface area contributed by atoms with Gasteiger partial charge in [-0.15, -0.1) is 3.71 Å². The predicted molar refractivity (Wildman–Crippen MR) is 32.1 cm³/mol. The van der Waals surface area contributed by atoms with Gasteiger partial charge in [0.2, 0.25) is 21.8 Å². The van der Waals surface area contributed by atoms with Crippen molar-refractivity contribution >= 4 is 27.8 Å². The lowest BCUT2D eigenvalue weighted by atomic mass is 11.2. The molecule has 0 saturated heterocycles. The van der Waals surface area contributed by atoms with Crippen LogP contribution in [-0.4, -0.2) is 26.6 Å². The Morgan fingerprint density at radius 1 is 1.10 bits per heavy atom. The average Bonchev–Trinajstić information content (AvgIpc) is 1.59. The minimum atomic E-state index is -3.48. The van der Waals surface area contributed by atoms with Gasteiger partial charge in [0.25, 0.3) is 0 Å². The molecule has 0 fully saturated rings. The van der Waals surface area contributed by atoms with Crippen LogP contribution in [0.5, 0.6) is 0 Å². The van der Waals surface area contributed by atoms with Gasteiger partial charge in [-0.2, -0.15) is 0 Å². The fourth-order valence-electron chi connectivity index (χ4n) is 0.221. The highest BCUT2D eigenvalue weighted by molar-refractivity contribution is 7.86. The smallest absolute Gasteiger partial charge is 0.342 e. The summed E-state index contributed by atoms with van der Waals surface area (Å²) in [5.74, 6) is 0. The molecule has 10 heavy (non-hydrogen) atoms. The van der Waals surface area contributed by atoms with Crippen LogP contribution in [0.3, 0.4) is 0 Å². The quantitative estimate of drug-likeness (QED) is 0.412. The van der Waals surface area contributed by atoms with Crippen LogP contribution in [0.15, 0.2) is 0 Å². The van der Waals surface area contributed by atoms with Gasteiger partial charge in [-0.1, -0.05) is 0 Å². The van der Waals surface area contributed by atoms with Crippen LogP contribution in [-0.2, 0) is 21.8 Å². The van der Waals surface area contributed by atoms with Gasteiger partial charge >= 0.3 is 6.03 Å². The minimum absolute atomic E-state index is 0.454. The van der Waals surface area contributed by atoms with Crippen molar-refractivity contribution in [2.24, 2.45) is 5.73 Å². The van der Waals surface area contributed by atoms with Gasteiger partial charge in [-0.25, -0.2) is 21.6 Å². The first-order valence-corrected chi connectivity index (χ1v) is 4.11. The van der Waals surface area contributed by atoms with Crippen molar-refractivity contribution in [3.05, 3.63) is 0 Å². The molecule has 0 aliphatic heterocycles. The monoisotopic (exact) mass is 188 g/mol. The fourth-order valence-corrected chi connectivity index (χ4v) is 1.02. The van der Waals surface area contributed by atoms with Crippen LogP contribution in [0.4, 0.5) is 4.79 Å². The number of urea groups is 1. The zero-order chi connectivity index (χ0) is 8.31. The number of carbonyl (C=O) groups excluding carboxylic acids is 1. The van der Waals surface area contributed by atoms with Gasteiger partial charge in [0, 0.05) is 0 Å². The Kier molecular flexibility index (Phi) is 3.09. The maximum Gasteiger partial charge on any atom is 0.342 e. The van der Waals surface area contributed by atoms with Crippen molar-refractivity contribution < 1.29 is 21.6 Å². The van der Waals surface area contributed by atoms with Crippen molar-refractivity contribution in [3.63, 3.8) is 0 Å². The number of nitrogens with zero attached hydrogens (tertiary/aromatic N) is 1. The molecule has 0 atom stereocenters. The molecular formula is CH4N2O5S2. The van der Waals surface area contributed by atoms with Crippen LogP contribution < -0.4 is 5.73 Å². The topological polar surface area (TPSA) is 115 Å². The fraction of sp³-hybridized carbons (Fsp3) is 0. The van der Waals surface area contributed by atoms with E-state index in [4.69, 9.17) is 0 Å². The Bertz CT molecular complexity index is 237. The van der Waals surface area contributed by atoms with E-state index in [1.54, 1.807) is 0 Å². The van der Waals surface area contributed by atoms with E-state index in [0.717, 1.165) is 0 Å². The summed E-state index contributed by atoms with van der Waals surface area (Å²) in [6.07, 6.45) is 0. The van der Waals surface area contributed by atoms with E-state index in [2.05, 4.69) is 5.73 Å². The summed E-state index contributed by atoms with van der Waals surface area (Å²) in [6.45, 7) is 0. The van der Waals surface area contributed by atoms with Gasteiger partial charge in [0.1, 0.15) is 0 Å². The third kappa shape index (κ3) is 2.19. The van der Waals surface area contributed by atoms with E-state index in [1.807, 2.05) is 0 Å². The van der Waals surface area contributed by atoms with Crippen LogP contribution in [0.1, 0.15) is 0 Å². The first-order chi connectivity index (χ1) is 4.46. The molecule has 0 heterocycles. The number of thiol groups is 2. The molecule has 0 bridgehead atoms. The lowest BCUT2D eigenvalue weighted by molar-refractivity contribution is 0.245. The molecule has 7 nitrogen and oxygen atoms in total. The predicted octanol–water partition coefficient (Wildman–Crippen LogP) is -2.58. The van der Waals surface area contributed by atoms with Crippen molar-refractivity contribution in [2.45, 2.75) is 0 Å². The van der Waals surface area contributed by atoms with Crippen molar-refractivity contribution in [3.8, 4) is 0 Å². The van der Waals surface area contributed by atoms with E-state index < -0.39 is 31.5 Å². The first-order valence-electron chi connectivity index (χ1n) is 1.85. The summed E-state index contributed by atoms with van der Waals surface area (Å²) in [5.41, 5.74) is 4.36. The second kappa shape index (κ2) is 3.37. The van der Waals surface area contributed by atoms with E-state index in [1.165, 1.54) is 0 Å². The summed E-state index contributed by atoms with van der Waals surface area (Å²) in [4.78, 5) is 9.96. The molecule has 0 spiro atoms. The largest absolute Gasteiger partial charge is 0.350 e. The van der Waals surface area contributed by atoms with Gasteiger partial charge in [0.05, 0.1) is 0 Å². The highest BCUT2D eigenvalue weighted by atomic mass is 32.2. The molecule has 0 unspecified atom stereocenters. The molecule has 0 rings (SSSR count). The van der Waals surface area contributed by atoms with Crippen molar-refractivity contribution in [2.75, 3.05) is 0 Å². The number of hydrogen-bond donors (Lipinski definition) is 3. The van der Waals surface area contributed by atoms with Gasteiger partial charge in [-0.05, 0) is 0 Å². The Hall–Kier alpha value is -0.830. The minimum Gasteiger partial charge on any atom is -0.350 e. The first kappa shape index (κ1) is 9.17. The third-order valence-corrected chi connectivity index (χ3v) is 2.40. The summed E-state index contributed by atoms with van der Waals surface area (Å²) >= 11 is 0. The number of rotatable bonds is 2. The highest BCUT2D eigenvalue weighted by Gasteiger charge is 2.13. The normalized spacial score (nSPS) is 10.2. The summed E-state index contributed by atoms with van der Waals surface area (Å²) in [7, 11) is -6.96. The van der Waals surface area contributed by atoms with Crippen LogP contribution in [0.25, 0.3) is 0 Å². The maximum absolute atomic E-state index is 9.96. The molecule has 0 saturated carbocycles. The number of nitrogens with two attached hydrogens (primary N) is 1. The molecule has 0 aromatic carbocycles. The molecular weight excluding hydrogens is 184 g/mol. The van der Waals surface area contributed by atoms with Gasteiger partial charge < -0.3 is 5.73 Å². The molecule has 2 amide bonds. The van der Waals surface area contributed by atoms with Crippen LogP contribution in [0, 0.1) is 0 Å². The van der Waals surface area contributed by atoms with Crippen molar-refractivity contribution in [1.29, 1.82) is 0 Å². The van der Waals surface area contributed by atoms with Crippen LogP contribution in [0.2, 0.25) is 0 Å². The molecule has 9 heteroatoms. The molecule has 2 N–H and O–H groups in total. The average molecular weight is 188 g/mol. The van der Waals surface area contributed by atoms with Crippen LogP contribution >= 0.6 is 0 Å². The Balaban J connectivity index is 4.77. The standard InChI is InChI=1S/CH4N2O5S2/c2-1(4)3(9(5)6)10(7)8/h9-10H,(H2,2,4). The molecule has 60 valence electrons. The lowest BCUT2D eigenvalue weighted by Crippen LogP contribution is -2.32. The lowest BCUT2D eigenvalue weighted by Gasteiger charge is -2.00. The number of hydrogen-bond acceptors (Lipinski definition) is 5. The Morgan fingerprint density at radius 2 is 1.40 bits per heavy atom. The van der Waals surface area contributed by atoms with E-state index >= 15 is 0 Å². The zero-order valence-electron chi connectivity index (χ0n) is 4.46. The second-order valence-electron chi connectivity index (χ2n) is 1.10. The van der Waals surface area contributed by atoms with Crippen molar-refractivity contribution in [1.82, 2.24) is 3.71 Å². The summed E-state index contributed by atoms with van der Waals surface area (Å²) in [5, 5.41) is 0. The Labute approximate surface area is 59.6 Å². The second-order valence-corrected chi connectivity index (χ2v) is 3.17. The van der Waals surface area contributed by atoms with Gasteiger partial charge in [-0.3, -0.25) is 0 Å². The molecule has 0 radical (unpaired) electrons. The van der Waals surface area contributed by atoms with E-state index in [-0.39, 0.29) is 0 Å². The maximum atomic E-state index is 9.96. The molecule has 0 aromatic heterocycles. The zero-order valence-corrected chi connectivity index (χ0v) is 6.25. The highest BCUT2D eigenvalue weighted by Crippen LogP contribution is 1.85. The Morgan fingerprint density at radius 3 is 1.40 bits per heavy atom. The SMILES string of the molecule is NC(=O)N([SH](=O)=O)[SH](=O)=O. The van der Waals surface area contributed by atoms with E-state index in [9.17, 15) is 21.6 Å². The third-order valence-electron chi connectivity index (χ3n) is 0.506. The summed E-state index contributed by atoms with van der Waals surface area (Å²) in [6, 6.07) is -1.53. The van der Waals surface area contributed by atoms with E-state index in [0.29, 0.717) is 0 Å². The molecule has 0 aliphatic carbocycles. The van der Waals surface area contributed by atoms with Gasteiger partial charge in [0.15, 0.2) is 0 Å². The number of amides is 2. The number of carbonyl (C=O) groups is 1. The number of primary amides is 1. The summed E-state index contributed by atoms with van der Waals surface area (Å²) < 4.78 is 39.0. The molecule has 0 aromatic rings. The molecule has 0 aliphatic rings.